The van der Waals surface area contributed by atoms with E-state index >= 15 is 0 Å². The first kappa shape index (κ1) is 20.1. The molecular formula is C21H22N4O4. The highest BCUT2D eigenvalue weighted by molar-refractivity contribution is 6.05. The molecule has 1 heterocycles. The lowest BCUT2D eigenvalue weighted by Gasteiger charge is -2.13. The fourth-order valence-corrected chi connectivity index (χ4v) is 2.54. The first-order valence-electron chi connectivity index (χ1n) is 8.95. The van der Waals surface area contributed by atoms with Crippen LogP contribution in [0.15, 0.2) is 60.9 Å². The van der Waals surface area contributed by atoms with Crippen molar-refractivity contribution in [1.29, 1.82) is 0 Å². The van der Waals surface area contributed by atoms with Gasteiger partial charge in [-0.2, -0.15) is 0 Å². The number of nitrogens with zero attached hydrogens (tertiary/aromatic N) is 2. The molecule has 0 spiro atoms. The fraction of sp³-hybridized carbons (Fsp3) is 0.190. The molecule has 0 bridgehead atoms. The summed E-state index contributed by atoms with van der Waals surface area (Å²) >= 11 is 0. The topological polar surface area (TPSA) is 94.6 Å². The van der Waals surface area contributed by atoms with Crippen LogP contribution in [0.1, 0.15) is 10.4 Å². The minimum atomic E-state index is -0.254. The van der Waals surface area contributed by atoms with E-state index in [0.29, 0.717) is 47.6 Å². The van der Waals surface area contributed by atoms with E-state index in [-0.39, 0.29) is 5.91 Å². The second-order valence-corrected chi connectivity index (χ2v) is 5.94. The molecule has 0 radical (unpaired) electrons. The zero-order valence-corrected chi connectivity index (χ0v) is 16.2. The molecule has 2 aromatic carbocycles. The zero-order chi connectivity index (χ0) is 20.5. The monoisotopic (exact) mass is 394 g/mol. The van der Waals surface area contributed by atoms with Gasteiger partial charge in [0.2, 0.25) is 5.95 Å². The standard InChI is InChI=1S/C21H22N4O4/c1-27-11-12-29-19-14-17(7-8-18(19)28-2)24-20(26)15-5-3-6-16(13-15)25-21-22-9-4-10-23-21/h3-10,13-14H,11-12H2,1-2H3,(H,24,26)(H,22,23,25). The van der Waals surface area contributed by atoms with Gasteiger partial charge in [-0.25, -0.2) is 9.97 Å². The highest BCUT2D eigenvalue weighted by atomic mass is 16.5. The number of hydrogen-bond acceptors (Lipinski definition) is 7. The highest BCUT2D eigenvalue weighted by Crippen LogP contribution is 2.30. The van der Waals surface area contributed by atoms with E-state index in [2.05, 4.69) is 20.6 Å². The molecule has 3 rings (SSSR count). The highest BCUT2D eigenvalue weighted by Gasteiger charge is 2.11. The maximum absolute atomic E-state index is 12.7. The summed E-state index contributed by atoms with van der Waals surface area (Å²) in [7, 11) is 3.16. The zero-order valence-electron chi connectivity index (χ0n) is 16.2. The number of carbonyl (C=O) groups is 1. The molecule has 1 aromatic heterocycles. The van der Waals surface area contributed by atoms with Gasteiger partial charge in [-0.3, -0.25) is 4.79 Å². The van der Waals surface area contributed by atoms with E-state index in [4.69, 9.17) is 14.2 Å². The summed E-state index contributed by atoms with van der Waals surface area (Å²) in [5.74, 6) is 1.31. The summed E-state index contributed by atoms with van der Waals surface area (Å²) in [5.41, 5.74) is 1.79. The van der Waals surface area contributed by atoms with Crippen molar-refractivity contribution in [2.45, 2.75) is 0 Å². The van der Waals surface area contributed by atoms with Gasteiger partial charge in [-0.1, -0.05) is 6.07 Å². The Balaban J connectivity index is 1.71. The van der Waals surface area contributed by atoms with Gasteiger partial charge in [0.15, 0.2) is 11.5 Å². The second-order valence-electron chi connectivity index (χ2n) is 5.94. The van der Waals surface area contributed by atoms with Gasteiger partial charge < -0.3 is 24.8 Å². The van der Waals surface area contributed by atoms with Crippen molar-refractivity contribution in [3.8, 4) is 11.5 Å². The third-order valence-electron chi connectivity index (χ3n) is 3.91. The molecule has 8 heteroatoms. The minimum absolute atomic E-state index is 0.254. The first-order chi connectivity index (χ1) is 14.2. The van der Waals surface area contributed by atoms with Crippen molar-refractivity contribution in [3.05, 3.63) is 66.5 Å². The van der Waals surface area contributed by atoms with Crippen molar-refractivity contribution in [1.82, 2.24) is 9.97 Å². The van der Waals surface area contributed by atoms with Crippen LogP contribution in [0.25, 0.3) is 0 Å². The molecule has 0 aliphatic rings. The lowest BCUT2D eigenvalue weighted by Crippen LogP contribution is -2.12. The molecule has 3 aromatic rings. The Kier molecular flexibility index (Phi) is 6.96. The quantitative estimate of drug-likeness (QED) is 0.536. The van der Waals surface area contributed by atoms with Crippen molar-refractivity contribution in [2.24, 2.45) is 0 Å². The molecule has 150 valence electrons. The van der Waals surface area contributed by atoms with Crippen LogP contribution in [0.2, 0.25) is 0 Å². The molecule has 0 atom stereocenters. The maximum Gasteiger partial charge on any atom is 0.255 e. The van der Waals surface area contributed by atoms with Crippen LogP contribution < -0.4 is 20.1 Å². The number of aromatic nitrogens is 2. The summed E-state index contributed by atoms with van der Waals surface area (Å²) in [4.78, 5) is 20.9. The summed E-state index contributed by atoms with van der Waals surface area (Å²) in [6.07, 6.45) is 3.28. The Morgan fingerprint density at radius 1 is 0.931 bits per heavy atom. The Labute approximate surface area is 168 Å². The van der Waals surface area contributed by atoms with Crippen molar-refractivity contribution < 1.29 is 19.0 Å². The number of benzene rings is 2. The van der Waals surface area contributed by atoms with Crippen LogP contribution in [0.4, 0.5) is 17.3 Å². The Morgan fingerprint density at radius 3 is 2.52 bits per heavy atom. The molecular weight excluding hydrogens is 372 g/mol. The Hall–Kier alpha value is -3.65. The van der Waals surface area contributed by atoms with E-state index in [1.807, 2.05) is 6.07 Å². The van der Waals surface area contributed by atoms with E-state index in [1.165, 1.54) is 0 Å². The molecule has 0 aliphatic heterocycles. The SMILES string of the molecule is COCCOc1cc(NC(=O)c2cccc(Nc3ncccn3)c2)ccc1OC. The number of hydrogen-bond donors (Lipinski definition) is 2. The van der Waals surface area contributed by atoms with Gasteiger partial charge in [-0.05, 0) is 36.4 Å². The van der Waals surface area contributed by atoms with Gasteiger partial charge in [0.25, 0.3) is 5.91 Å². The third kappa shape index (κ3) is 5.66. The predicted molar refractivity (Wildman–Crippen MR) is 110 cm³/mol. The van der Waals surface area contributed by atoms with Crippen molar-refractivity contribution in [3.63, 3.8) is 0 Å². The molecule has 0 saturated heterocycles. The van der Waals surface area contributed by atoms with Gasteiger partial charge in [0.05, 0.1) is 13.7 Å². The molecule has 0 aliphatic carbocycles. The molecule has 1 amide bonds. The van der Waals surface area contributed by atoms with Crippen LogP contribution >= 0.6 is 0 Å². The van der Waals surface area contributed by atoms with E-state index in [1.54, 1.807) is 69.1 Å². The van der Waals surface area contributed by atoms with Gasteiger partial charge in [0.1, 0.15) is 6.61 Å². The van der Waals surface area contributed by atoms with Crippen LogP contribution in [0, 0.1) is 0 Å². The summed E-state index contributed by atoms with van der Waals surface area (Å²) < 4.78 is 15.9. The maximum atomic E-state index is 12.7. The van der Waals surface area contributed by atoms with Crippen LogP contribution in [0.3, 0.4) is 0 Å². The van der Waals surface area contributed by atoms with E-state index in [0.717, 1.165) is 0 Å². The number of anilines is 3. The third-order valence-corrected chi connectivity index (χ3v) is 3.91. The summed E-state index contributed by atoms with van der Waals surface area (Å²) in [5, 5.41) is 5.93. The first-order valence-corrected chi connectivity index (χ1v) is 8.95. The van der Waals surface area contributed by atoms with Crippen molar-refractivity contribution in [2.75, 3.05) is 38.1 Å². The van der Waals surface area contributed by atoms with Gasteiger partial charge >= 0.3 is 0 Å². The lowest BCUT2D eigenvalue weighted by atomic mass is 10.1. The summed E-state index contributed by atoms with van der Waals surface area (Å²) in [6.45, 7) is 0.824. The average Bonchev–Trinajstić information content (AvgIpc) is 2.75. The number of rotatable bonds is 9. The summed E-state index contributed by atoms with van der Waals surface area (Å²) in [6, 6.07) is 14.0. The molecule has 8 nitrogen and oxygen atoms in total. The normalized spacial score (nSPS) is 10.3. The Bertz CT molecular complexity index is 950. The largest absolute Gasteiger partial charge is 0.493 e. The number of carbonyl (C=O) groups excluding carboxylic acids is 1. The van der Waals surface area contributed by atoms with Crippen LogP contribution in [-0.2, 0) is 4.74 Å². The second kappa shape index (κ2) is 10.0. The van der Waals surface area contributed by atoms with Gasteiger partial charge in [0, 0.05) is 42.5 Å². The minimum Gasteiger partial charge on any atom is -0.493 e. The van der Waals surface area contributed by atoms with Crippen LogP contribution in [-0.4, -0.2) is 43.3 Å². The van der Waals surface area contributed by atoms with Crippen LogP contribution in [0.5, 0.6) is 11.5 Å². The molecule has 0 unspecified atom stereocenters. The number of methoxy groups -OCH3 is 2. The van der Waals surface area contributed by atoms with E-state index < -0.39 is 0 Å². The number of nitrogens with one attached hydrogen (secondary N) is 2. The Morgan fingerprint density at radius 2 is 1.76 bits per heavy atom. The average molecular weight is 394 g/mol. The molecule has 0 fully saturated rings. The molecule has 2 N–H and O–H groups in total. The number of ether oxygens (including phenoxy) is 3. The smallest absolute Gasteiger partial charge is 0.255 e. The molecule has 0 saturated carbocycles. The fourth-order valence-electron chi connectivity index (χ4n) is 2.54. The lowest BCUT2D eigenvalue weighted by molar-refractivity contribution is 0.102. The van der Waals surface area contributed by atoms with Gasteiger partial charge in [-0.15, -0.1) is 0 Å². The van der Waals surface area contributed by atoms with Crippen molar-refractivity contribution >= 4 is 23.2 Å². The van der Waals surface area contributed by atoms with E-state index in [9.17, 15) is 4.79 Å². The molecule has 29 heavy (non-hydrogen) atoms. The number of amides is 1. The predicted octanol–water partition coefficient (Wildman–Crippen LogP) is 3.51.